The van der Waals surface area contributed by atoms with Crippen molar-refractivity contribution in [3.63, 3.8) is 0 Å². The SMILES string of the molecule is CC(C)(C)OC(=O)N[C@H](C(=O)OCc1ccccc1)C1CCCCC1. The molecular weight excluding hydrogens is 318 g/mol. The molecule has 138 valence electrons. The molecule has 0 aliphatic heterocycles. The number of rotatable bonds is 5. The van der Waals surface area contributed by atoms with Gasteiger partial charge in [-0.1, -0.05) is 49.6 Å². The van der Waals surface area contributed by atoms with E-state index < -0.39 is 17.7 Å². The van der Waals surface area contributed by atoms with E-state index in [0.717, 1.165) is 31.2 Å². The van der Waals surface area contributed by atoms with Gasteiger partial charge < -0.3 is 14.8 Å². The molecule has 1 amide bonds. The Morgan fingerprint density at radius 1 is 1.12 bits per heavy atom. The number of hydrogen-bond acceptors (Lipinski definition) is 4. The topological polar surface area (TPSA) is 64.6 Å². The molecule has 1 aliphatic carbocycles. The van der Waals surface area contributed by atoms with E-state index in [-0.39, 0.29) is 18.5 Å². The molecule has 1 atom stereocenters. The molecule has 1 saturated carbocycles. The van der Waals surface area contributed by atoms with Crippen molar-refractivity contribution in [1.82, 2.24) is 5.32 Å². The number of carbonyl (C=O) groups excluding carboxylic acids is 2. The number of esters is 1. The fourth-order valence-electron chi connectivity index (χ4n) is 3.09. The molecule has 0 heterocycles. The first kappa shape index (κ1) is 19.3. The van der Waals surface area contributed by atoms with E-state index in [1.165, 1.54) is 6.42 Å². The summed E-state index contributed by atoms with van der Waals surface area (Å²) in [6.45, 7) is 5.61. The van der Waals surface area contributed by atoms with Gasteiger partial charge in [-0.05, 0) is 45.1 Å². The van der Waals surface area contributed by atoms with Crippen LogP contribution in [0.3, 0.4) is 0 Å². The second-order valence-electron chi connectivity index (χ2n) is 7.62. The van der Waals surface area contributed by atoms with Gasteiger partial charge in [0.05, 0.1) is 0 Å². The van der Waals surface area contributed by atoms with Gasteiger partial charge in [0.15, 0.2) is 0 Å². The largest absolute Gasteiger partial charge is 0.459 e. The Morgan fingerprint density at radius 2 is 1.76 bits per heavy atom. The third-order valence-corrected chi connectivity index (χ3v) is 4.27. The molecular formula is C20H29NO4. The molecule has 0 saturated heterocycles. The Labute approximate surface area is 150 Å². The Morgan fingerprint density at radius 3 is 2.36 bits per heavy atom. The number of ether oxygens (including phenoxy) is 2. The van der Waals surface area contributed by atoms with E-state index in [4.69, 9.17) is 9.47 Å². The lowest BCUT2D eigenvalue weighted by Crippen LogP contribution is -2.48. The van der Waals surface area contributed by atoms with E-state index in [1.807, 2.05) is 30.3 Å². The first-order chi connectivity index (χ1) is 11.8. The minimum Gasteiger partial charge on any atom is -0.459 e. The molecule has 0 unspecified atom stereocenters. The molecule has 0 bridgehead atoms. The minimum absolute atomic E-state index is 0.101. The van der Waals surface area contributed by atoms with Crippen LogP contribution in [0.1, 0.15) is 58.4 Å². The van der Waals surface area contributed by atoms with Crippen LogP contribution in [0.2, 0.25) is 0 Å². The first-order valence-electron chi connectivity index (χ1n) is 9.05. The number of nitrogens with one attached hydrogen (secondary N) is 1. The zero-order valence-electron chi connectivity index (χ0n) is 15.4. The van der Waals surface area contributed by atoms with Gasteiger partial charge in [-0.2, -0.15) is 0 Å². The lowest BCUT2D eigenvalue weighted by Gasteiger charge is -2.30. The quantitative estimate of drug-likeness (QED) is 0.811. The van der Waals surface area contributed by atoms with Crippen LogP contribution in [0.15, 0.2) is 30.3 Å². The Bertz CT molecular complexity index is 559. The predicted octanol–water partition coefficient (Wildman–Crippen LogP) is 4.20. The molecule has 5 nitrogen and oxygen atoms in total. The molecule has 25 heavy (non-hydrogen) atoms. The molecule has 1 fully saturated rings. The van der Waals surface area contributed by atoms with Crippen molar-refractivity contribution in [3.05, 3.63) is 35.9 Å². The lowest BCUT2D eigenvalue weighted by molar-refractivity contribution is -0.149. The molecule has 1 aliphatic rings. The second kappa shape index (κ2) is 8.88. The zero-order chi connectivity index (χ0) is 18.3. The lowest BCUT2D eigenvalue weighted by atomic mass is 9.84. The van der Waals surface area contributed by atoms with Gasteiger partial charge in [-0.15, -0.1) is 0 Å². The van der Waals surface area contributed by atoms with Gasteiger partial charge in [0, 0.05) is 0 Å². The molecule has 1 aromatic rings. The monoisotopic (exact) mass is 347 g/mol. The molecule has 0 spiro atoms. The van der Waals surface area contributed by atoms with Crippen LogP contribution in [0.4, 0.5) is 4.79 Å². The van der Waals surface area contributed by atoms with Gasteiger partial charge in [-0.25, -0.2) is 9.59 Å². The average Bonchev–Trinajstić information content (AvgIpc) is 2.58. The summed E-state index contributed by atoms with van der Waals surface area (Å²) >= 11 is 0. The third-order valence-electron chi connectivity index (χ3n) is 4.27. The van der Waals surface area contributed by atoms with E-state index in [9.17, 15) is 9.59 Å². The van der Waals surface area contributed by atoms with Crippen molar-refractivity contribution < 1.29 is 19.1 Å². The Balaban J connectivity index is 1.99. The Kier molecular flexibility index (Phi) is 6.85. The van der Waals surface area contributed by atoms with Crippen molar-refractivity contribution in [2.24, 2.45) is 5.92 Å². The number of hydrogen-bond donors (Lipinski definition) is 1. The Hall–Kier alpha value is -2.04. The maximum absolute atomic E-state index is 12.6. The summed E-state index contributed by atoms with van der Waals surface area (Å²) in [6, 6.07) is 8.88. The first-order valence-corrected chi connectivity index (χ1v) is 9.05. The van der Waals surface area contributed by atoms with Crippen LogP contribution in [0.5, 0.6) is 0 Å². The molecule has 2 rings (SSSR count). The maximum atomic E-state index is 12.6. The zero-order valence-corrected chi connectivity index (χ0v) is 15.4. The summed E-state index contributed by atoms with van der Waals surface area (Å²) in [5, 5.41) is 2.74. The molecule has 0 radical (unpaired) electrons. The minimum atomic E-state index is -0.654. The highest BCUT2D eigenvalue weighted by Gasteiger charge is 2.33. The van der Waals surface area contributed by atoms with Crippen molar-refractivity contribution in [2.45, 2.75) is 71.1 Å². The van der Waals surface area contributed by atoms with Gasteiger partial charge in [0.25, 0.3) is 0 Å². The van der Waals surface area contributed by atoms with E-state index in [2.05, 4.69) is 5.32 Å². The highest BCUT2D eigenvalue weighted by molar-refractivity contribution is 5.81. The number of alkyl carbamates (subject to hydrolysis) is 1. The molecule has 5 heteroatoms. The number of amides is 1. The van der Waals surface area contributed by atoms with Crippen molar-refractivity contribution in [1.29, 1.82) is 0 Å². The predicted molar refractivity (Wildman–Crippen MR) is 96.0 cm³/mol. The summed E-state index contributed by atoms with van der Waals surface area (Å²) in [5.41, 5.74) is 0.324. The van der Waals surface area contributed by atoms with E-state index >= 15 is 0 Å². The number of benzene rings is 1. The fourth-order valence-corrected chi connectivity index (χ4v) is 3.09. The van der Waals surface area contributed by atoms with Crippen LogP contribution in [-0.2, 0) is 20.9 Å². The summed E-state index contributed by atoms with van der Waals surface area (Å²) in [4.78, 5) is 24.8. The van der Waals surface area contributed by atoms with Crippen molar-refractivity contribution >= 4 is 12.1 Å². The summed E-state index contributed by atoms with van der Waals surface area (Å²) in [6.07, 6.45) is 4.59. The van der Waals surface area contributed by atoms with Crippen LogP contribution in [0, 0.1) is 5.92 Å². The highest BCUT2D eigenvalue weighted by Crippen LogP contribution is 2.27. The standard InChI is InChI=1S/C20H29NO4/c1-20(2,3)25-19(23)21-17(16-12-8-5-9-13-16)18(22)24-14-15-10-6-4-7-11-15/h4,6-7,10-11,16-17H,5,8-9,12-14H2,1-3H3,(H,21,23)/t17-/m0/s1. The molecule has 1 N–H and O–H groups in total. The maximum Gasteiger partial charge on any atom is 0.408 e. The normalized spacial score (nSPS) is 16.8. The third kappa shape index (κ3) is 6.77. The van der Waals surface area contributed by atoms with Gasteiger partial charge in [0.2, 0.25) is 0 Å². The summed E-state index contributed by atoms with van der Waals surface area (Å²) in [7, 11) is 0. The van der Waals surface area contributed by atoms with Crippen LogP contribution in [-0.4, -0.2) is 23.7 Å². The summed E-state index contributed by atoms with van der Waals surface area (Å²) < 4.78 is 10.8. The van der Waals surface area contributed by atoms with Crippen LogP contribution < -0.4 is 5.32 Å². The van der Waals surface area contributed by atoms with E-state index in [0.29, 0.717) is 0 Å². The van der Waals surface area contributed by atoms with Crippen LogP contribution in [0.25, 0.3) is 0 Å². The van der Waals surface area contributed by atoms with Gasteiger partial charge >= 0.3 is 12.1 Å². The van der Waals surface area contributed by atoms with E-state index in [1.54, 1.807) is 20.8 Å². The molecule has 1 aromatic carbocycles. The smallest absolute Gasteiger partial charge is 0.408 e. The molecule has 0 aromatic heterocycles. The van der Waals surface area contributed by atoms with Crippen LogP contribution >= 0.6 is 0 Å². The fraction of sp³-hybridized carbons (Fsp3) is 0.600. The summed E-state index contributed by atoms with van der Waals surface area (Å²) in [5.74, 6) is -0.286. The van der Waals surface area contributed by atoms with Crippen molar-refractivity contribution in [3.8, 4) is 0 Å². The van der Waals surface area contributed by atoms with Crippen molar-refractivity contribution in [2.75, 3.05) is 0 Å². The average molecular weight is 347 g/mol. The van der Waals surface area contributed by atoms with Gasteiger partial charge in [-0.3, -0.25) is 0 Å². The van der Waals surface area contributed by atoms with Gasteiger partial charge in [0.1, 0.15) is 18.2 Å². The number of carbonyl (C=O) groups is 2. The highest BCUT2D eigenvalue weighted by atomic mass is 16.6. The second-order valence-corrected chi connectivity index (χ2v) is 7.62.